The molecule has 0 bridgehead atoms. The molecule has 0 saturated heterocycles. The van der Waals surface area contributed by atoms with E-state index in [0.717, 1.165) is 32.1 Å². The summed E-state index contributed by atoms with van der Waals surface area (Å²) in [6, 6.07) is 10.4. The number of hydrogen-bond donors (Lipinski definition) is 0. The van der Waals surface area contributed by atoms with E-state index >= 15 is 0 Å². The predicted molar refractivity (Wildman–Crippen MR) is 81.9 cm³/mol. The first-order chi connectivity index (χ1) is 9.70. The Labute approximate surface area is 122 Å². The van der Waals surface area contributed by atoms with E-state index in [1.54, 1.807) is 7.11 Å². The van der Waals surface area contributed by atoms with Crippen molar-refractivity contribution in [3.8, 4) is 0 Å². The summed E-state index contributed by atoms with van der Waals surface area (Å²) >= 11 is 0. The number of carbonyl (C=O) groups is 1. The maximum atomic E-state index is 13.1. The predicted octanol–water partition coefficient (Wildman–Crippen LogP) is 4.13. The minimum Gasteiger partial charge on any atom is -0.385 e. The standard InChI is InChI=1S/C18H26O2/c1-15(11-14-20-2)17(19)18(12-7-4-8-13-18)16-9-5-3-6-10-16/h3,5-6,9-10,15H,4,7-8,11-14H2,1-2H3. The summed E-state index contributed by atoms with van der Waals surface area (Å²) in [6.45, 7) is 2.72. The van der Waals surface area contributed by atoms with E-state index in [1.807, 2.05) is 6.07 Å². The lowest BCUT2D eigenvalue weighted by Gasteiger charge is -2.38. The van der Waals surface area contributed by atoms with Crippen molar-refractivity contribution in [1.82, 2.24) is 0 Å². The molecule has 1 aromatic carbocycles. The second kappa shape index (κ2) is 7.03. The van der Waals surface area contributed by atoms with Crippen LogP contribution in [-0.4, -0.2) is 19.5 Å². The summed E-state index contributed by atoms with van der Waals surface area (Å²) in [5.41, 5.74) is 0.973. The van der Waals surface area contributed by atoms with Gasteiger partial charge in [-0.1, -0.05) is 56.5 Å². The molecule has 0 aliphatic heterocycles. The highest BCUT2D eigenvalue weighted by atomic mass is 16.5. The summed E-state index contributed by atoms with van der Waals surface area (Å²) in [6.07, 6.45) is 6.42. The van der Waals surface area contributed by atoms with Gasteiger partial charge in [-0.25, -0.2) is 0 Å². The lowest BCUT2D eigenvalue weighted by atomic mass is 9.64. The van der Waals surface area contributed by atoms with Gasteiger partial charge in [-0.15, -0.1) is 0 Å². The molecule has 110 valence electrons. The van der Waals surface area contributed by atoms with Crippen molar-refractivity contribution in [2.75, 3.05) is 13.7 Å². The Morgan fingerprint density at radius 2 is 1.85 bits per heavy atom. The van der Waals surface area contributed by atoms with Gasteiger partial charge in [-0.3, -0.25) is 4.79 Å². The van der Waals surface area contributed by atoms with Crippen LogP contribution < -0.4 is 0 Å². The molecule has 0 N–H and O–H groups in total. The molecule has 20 heavy (non-hydrogen) atoms. The zero-order valence-electron chi connectivity index (χ0n) is 12.7. The lowest BCUT2D eigenvalue weighted by Crippen LogP contribution is -2.41. The maximum absolute atomic E-state index is 13.1. The van der Waals surface area contributed by atoms with Crippen LogP contribution in [0.5, 0.6) is 0 Å². The largest absolute Gasteiger partial charge is 0.385 e. The Balaban J connectivity index is 2.25. The number of methoxy groups -OCH3 is 1. The molecule has 0 aromatic heterocycles. The van der Waals surface area contributed by atoms with Gasteiger partial charge in [-0.05, 0) is 24.8 Å². The molecular formula is C18H26O2. The first-order valence-electron chi connectivity index (χ1n) is 7.79. The second-order valence-electron chi connectivity index (χ2n) is 6.06. The van der Waals surface area contributed by atoms with Crippen LogP contribution in [0.15, 0.2) is 30.3 Å². The zero-order valence-corrected chi connectivity index (χ0v) is 12.7. The summed E-state index contributed by atoms with van der Waals surface area (Å²) in [5, 5.41) is 0. The first-order valence-corrected chi connectivity index (χ1v) is 7.79. The number of hydrogen-bond acceptors (Lipinski definition) is 2. The summed E-state index contributed by atoms with van der Waals surface area (Å²) in [7, 11) is 1.70. The zero-order chi connectivity index (χ0) is 14.4. The lowest BCUT2D eigenvalue weighted by molar-refractivity contribution is -0.130. The molecule has 1 atom stereocenters. The van der Waals surface area contributed by atoms with Crippen LogP contribution in [-0.2, 0) is 14.9 Å². The van der Waals surface area contributed by atoms with Crippen molar-refractivity contribution >= 4 is 5.78 Å². The van der Waals surface area contributed by atoms with Crippen molar-refractivity contribution in [2.24, 2.45) is 5.92 Å². The summed E-state index contributed by atoms with van der Waals surface area (Å²) in [4.78, 5) is 13.1. The van der Waals surface area contributed by atoms with E-state index in [0.29, 0.717) is 12.4 Å². The van der Waals surface area contributed by atoms with Crippen LogP contribution in [0.1, 0.15) is 51.0 Å². The van der Waals surface area contributed by atoms with Gasteiger partial charge in [0.2, 0.25) is 0 Å². The van der Waals surface area contributed by atoms with Gasteiger partial charge in [0.25, 0.3) is 0 Å². The van der Waals surface area contributed by atoms with E-state index in [1.165, 1.54) is 12.0 Å². The summed E-state index contributed by atoms with van der Waals surface area (Å²) < 4.78 is 5.14. The third-order valence-corrected chi connectivity index (χ3v) is 4.71. The van der Waals surface area contributed by atoms with Crippen molar-refractivity contribution in [3.63, 3.8) is 0 Å². The average Bonchev–Trinajstić information content (AvgIpc) is 2.53. The van der Waals surface area contributed by atoms with E-state index in [-0.39, 0.29) is 11.3 Å². The Hall–Kier alpha value is -1.15. The molecule has 0 radical (unpaired) electrons. The molecule has 0 spiro atoms. The van der Waals surface area contributed by atoms with Gasteiger partial charge < -0.3 is 4.74 Å². The van der Waals surface area contributed by atoms with E-state index in [4.69, 9.17) is 4.74 Å². The Kier molecular flexibility index (Phi) is 5.36. The van der Waals surface area contributed by atoms with E-state index < -0.39 is 0 Å². The van der Waals surface area contributed by atoms with Crippen LogP contribution in [0.3, 0.4) is 0 Å². The molecule has 0 amide bonds. The van der Waals surface area contributed by atoms with Crippen LogP contribution >= 0.6 is 0 Å². The number of ketones is 1. The van der Waals surface area contributed by atoms with Gasteiger partial charge >= 0.3 is 0 Å². The number of Topliss-reactive ketones (excluding diaryl/α,β-unsaturated/α-hetero) is 1. The fraction of sp³-hybridized carbons (Fsp3) is 0.611. The molecule has 0 heterocycles. The van der Waals surface area contributed by atoms with Crippen LogP contribution in [0.2, 0.25) is 0 Å². The van der Waals surface area contributed by atoms with Gasteiger partial charge in [0.05, 0.1) is 5.41 Å². The van der Waals surface area contributed by atoms with Gasteiger partial charge in [0.15, 0.2) is 0 Å². The normalized spacial score (nSPS) is 19.5. The third kappa shape index (κ3) is 3.12. The molecule has 1 saturated carbocycles. The van der Waals surface area contributed by atoms with E-state index in [9.17, 15) is 4.79 Å². The molecule has 1 aliphatic carbocycles. The highest BCUT2D eigenvalue weighted by Crippen LogP contribution is 2.42. The molecule has 1 aromatic rings. The summed E-state index contributed by atoms with van der Waals surface area (Å²) in [5.74, 6) is 0.494. The Morgan fingerprint density at radius 3 is 2.45 bits per heavy atom. The quantitative estimate of drug-likeness (QED) is 0.779. The fourth-order valence-corrected chi connectivity index (χ4v) is 3.49. The molecule has 2 rings (SSSR count). The number of carbonyl (C=O) groups excluding carboxylic acids is 1. The van der Waals surface area contributed by atoms with Crippen molar-refractivity contribution in [1.29, 1.82) is 0 Å². The maximum Gasteiger partial charge on any atom is 0.146 e. The first kappa shape index (κ1) is 15.2. The number of ether oxygens (including phenoxy) is 1. The number of rotatable bonds is 6. The highest BCUT2D eigenvalue weighted by molar-refractivity contribution is 5.92. The molecule has 2 heteroatoms. The smallest absolute Gasteiger partial charge is 0.146 e. The van der Waals surface area contributed by atoms with Gasteiger partial charge in [0, 0.05) is 19.6 Å². The minimum absolute atomic E-state index is 0.0771. The van der Waals surface area contributed by atoms with Crippen LogP contribution in [0, 0.1) is 5.92 Å². The number of benzene rings is 1. The topological polar surface area (TPSA) is 26.3 Å². The molecule has 1 aliphatic rings. The van der Waals surface area contributed by atoms with E-state index in [2.05, 4.69) is 31.2 Å². The second-order valence-corrected chi connectivity index (χ2v) is 6.06. The third-order valence-electron chi connectivity index (χ3n) is 4.71. The molecular weight excluding hydrogens is 248 g/mol. The van der Waals surface area contributed by atoms with Gasteiger partial charge in [-0.2, -0.15) is 0 Å². The van der Waals surface area contributed by atoms with Crippen LogP contribution in [0.4, 0.5) is 0 Å². The minimum atomic E-state index is -0.243. The Bertz CT molecular complexity index is 418. The fourth-order valence-electron chi connectivity index (χ4n) is 3.49. The SMILES string of the molecule is COCCC(C)C(=O)C1(c2ccccc2)CCCCC1. The Morgan fingerprint density at radius 1 is 1.20 bits per heavy atom. The molecule has 2 nitrogen and oxygen atoms in total. The monoisotopic (exact) mass is 274 g/mol. The van der Waals surface area contributed by atoms with Crippen molar-refractivity contribution in [2.45, 2.75) is 50.9 Å². The molecule has 1 fully saturated rings. The van der Waals surface area contributed by atoms with Crippen molar-refractivity contribution in [3.05, 3.63) is 35.9 Å². The highest BCUT2D eigenvalue weighted by Gasteiger charge is 2.42. The molecule has 1 unspecified atom stereocenters. The van der Waals surface area contributed by atoms with Gasteiger partial charge in [0.1, 0.15) is 5.78 Å². The van der Waals surface area contributed by atoms with Crippen molar-refractivity contribution < 1.29 is 9.53 Å². The average molecular weight is 274 g/mol. The van der Waals surface area contributed by atoms with Crippen LogP contribution in [0.25, 0.3) is 0 Å².